The first kappa shape index (κ1) is 21.9. The van der Waals surface area contributed by atoms with Crippen molar-refractivity contribution in [1.82, 2.24) is 0 Å². The molecular formula is C20H27F3O3S. The summed E-state index contributed by atoms with van der Waals surface area (Å²) in [5, 5.41) is -0.389. The van der Waals surface area contributed by atoms with Crippen LogP contribution in [0.5, 0.6) is 0 Å². The summed E-state index contributed by atoms with van der Waals surface area (Å²) in [5.41, 5.74) is 0.0379. The van der Waals surface area contributed by atoms with Crippen molar-refractivity contribution in [3.63, 3.8) is 0 Å². The zero-order valence-electron chi connectivity index (χ0n) is 16.0. The van der Waals surface area contributed by atoms with Crippen molar-refractivity contribution in [2.24, 2.45) is 11.8 Å². The minimum Gasteiger partial charge on any atom is -0.299 e. The van der Waals surface area contributed by atoms with Gasteiger partial charge in [0.1, 0.15) is 5.78 Å². The van der Waals surface area contributed by atoms with E-state index in [4.69, 9.17) is 0 Å². The average molecular weight is 404 g/mol. The summed E-state index contributed by atoms with van der Waals surface area (Å²) in [6.07, 6.45) is -1.56. The fourth-order valence-electron chi connectivity index (χ4n) is 3.67. The van der Waals surface area contributed by atoms with Gasteiger partial charge in [0.25, 0.3) is 0 Å². The molecule has 1 aromatic rings. The number of Topliss-reactive ketones (excluding diaryl/α,β-unsaturated/α-hetero) is 1. The highest BCUT2D eigenvalue weighted by atomic mass is 32.2. The van der Waals surface area contributed by atoms with Crippen LogP contribution in [0.4, 0.5) is 13.2 Å². The van der Waals surface area contributed by atoms with Gasteiger partial charge in [0.15, 0.2) is 9.84 Å². The quantitative estimate of drug-likeness (QED) is 0.687. The van der Waals surface area contributed by atoms with Crippen molar-refractivity contribution >= 4 is 15.6 Å². The van der Waals surface area contributed by atoms with Crippen molar-refractivity contribution in [1.29, 1.82) is 0 Å². The number of rotatable bonds is 6. The molecule has 0 spiro atoms. The largest absolute Gasteiger partial charge is 0.416 e. The highest BCUT2D eigenvalue weighted by Gasteiger charge is 2.33. The smallest absolute Gasteiger partial charge is 0.299 e. The Kier molecular flexibility index (Phi) is 6.77. The van der Waals surface area contributed by atoms with Gasteiger partial charge < -0.3 is 0 Å². The molecule has 7 heteroatoms. The Morgan fingerprint density at radius 3 is 2.22 bits per heavy atom. The van der Waals surface area contributed by atoms with Gasteiger partial charge >= 0.3 is 6.18 Å². The van der Waals surface area contributed by atoms with E-state index in [0.29, 0.717) is 31.2 Å². The van der Waals surface area contributed by atoms with E-state index in [2.05, 4.69) is 0 Å². The van der Waals surface area contributed by atoms with E-state index in [1.54, 1.807) is 13.8 Å². The monoisotopic (exact) mass is 404 g/mol. The lowest BCUT2D eigenvalue weighted by molar-refractivity contribution is -0.138. The number of carbonyl (C=O) groups excluding carboxylic acids is 1. The zero-order valence-corrected chi connectivity index (χ0v) is 16.8. The molecule has 0 aliphatic heterocycles. The topological polar surface area (TPSA) is 51.2 Å². The first-order chi connectivity index (χ1) is 12.4. The summed E-state index contributed by atoms with van der Waals surface area (Å²) in [4.78, 5) is 12.5. The van der Waals surface area contributed by atoms with E-state index in [1.165, 1.54) is 19.1 Å². The standard InChI is InChI=1S/C20H27F3O3S/c1-13(2)27(25,26)12-15-4-7-17(8-5-15)19(24)11-16-6-9-18(14(3)10-16)20(21,22)23/h6,9-10,13,15,17H,4-5,7-8,11-12H2,1-3H3. The molecule has 2 rings (SSSR count). The molecule has 0 amide bonds. The third-order valence-corrected chi connectivity index (χ3v) is 7.84. The molecule has 0 bridgehead atoms. The first-order valence-electron chi connectivity index (χ1n) is 9.31. The van der Waals surface area contributed by atoms with Gasteiger partial charge in [-0.2, -0.15) is 13.2 Å². The SMILES string of the molecule is Cc1cc(CC(=O)C2CCC(CS(=O)(=O)C(C)C)CC2)ccc1C(F)(F)F. The van der Waals surface area contributed by atoms with E-state index in [-0.39, 0.29) is 40.6 Å². The summed E-state index contributed by atoms with van der Waals surface area (Å²) in [6, 6.07) is 3.84. The van der Waals surface area contributed by atoms with Gasteiger partial charge in [-0.15, -0.1) is 0 Å². The predicted molar refractivity (Wildman–Crippen MR) is 99.3 cm³/mol. The van der Waals surface area contributed by atoms with Crippen LogP contribution in [0.15, 0.2) is 18.2 Å². The minimum absolute atomic E-state index is 0.0272. The Labute approximate surface area is 159 Å². The fraction of sp³-hybridized carbons (Fsp3) is 0.650. The van der Waals surface area contributed by atoms with Crippen LogP contribution in [-0.4, -0.2) is 25.2 Å². The van der Waals surface area contributed by atoms with Crippen LogP contribution in [-0.2, 0) is 27.2 Å². The van der Waals surface area contributed by atoms with E-state index in [1.807, 2.05) is 0 Å². The maximum atomic E-state index is 12.8. The molecule has 1 aromatic carbocycles. The van der Waals surface area contributed by atoms with Crippen LogP contribution in [0.25, 0.3) is 0 Å². The van der Waals surface area contributed by atoms with Gasteiger partial charge in [-0.3, -0.25) is 4.79 Å². The molecule has 27 heavy (non-hydrogen) atoms. The number of hydrogen-bond acceptors (Lipinski definition) is 3. The van der Waals surface area contributed by atoms with Crippen LogP contribution < -0.4 is 0 Å². The van der Waals surface area contributed by atoms with Gasteiger partial charge in [0.05, 0.1) is 16.6 Å². The second-order valence-electron chi connectivity index (χ2n) is 7.89. The van der Waals surface area contributed by atoms with Gasteiger partial charge in [-0.1, -0.05) is 12.1 Å². The van der Waals surface area contributed by atoms with Crippen molar-refractivity contribution in [2.75, 3.05) is 5.75 Å². The molecule has 0 saturated heterocycles. The maximum absolute atomic E-state index is 12.8. The number of hydrogen-bond donors (Lipinski definition) is 0. The number of sulfone groups is 1. The number of benzene rings is 1. The number of alkyl halides is 3. The predicted octanol–water partition coefficient (Wildman–Crippen LogP) is 4.76. The van der Waals surface area contributed by atoms with Crippen LogP contribution >= 0.6 is 0 Å². The third kappa shape index (κ3) is 5.80. The highest BCUT2D eigenvalue weighted by molar-refractivity contribution is 7.91. The Morgan fingerprint density at radius 1 is 1.15 bits per heavy atom. The fourth-order valence-corrected chi connectivity index (χ4v) is 5.05. The molecule has 152 valence electrons. The van der Waals surface area contributed by atoms with Gasteiger partial charge in [-0.25, -0.2) is 8.42 Å². The molecule has 0 N–H and O–H groups in total. The number of halogens is 3. The van der Waals surface area contributed by atoms with Crippen LogP contribution in [0.1, 0.15) is 56.2 Å². The molecule has 0 radical (unpaired) electrons. The zero-order chi connectivity index (χ0) is 20.4. The van der Waals surface area contributed by atoms with Crippen LogP contribution in [0, 0.1) is 18.8 Å². The van der Waals surface area contributed by atoms with Crippen molar-refractivity contribution in [3.05, 3.63) is 34.9 Å². The van der Waals surface area contributed by atoms with E-state index in [9.17, 15) is 26.4 Å². The Morgan fingerprint density at radius 2 is 1.74 bits per heavy atom. The van der Waals surface area contributed by atoms with Gasteiger partial charge in [0, 0.05) is 12.3 Å². The normalized spacial score (nSPS) is 21.4. The molecule has 0 unspecified atom stereocenters. The highest BCUT2D eigenvalue weighted by Crippen LogP contribution is 2.34. The third-order valence-electron chi connectivity index (χ3n) is 5.46. The van der Waals surface area contributed by atoms with E-state index >= 15 is 0 Å². The van der Waals surface area contributed by atoms with Crippen molar-refractivity contribution in [2.45, 2.75) is 64.3 Å². The molecule has 0 aromatic heterocycles. The van der Waals surface area contributed by atoms with Crippen LogP contribution in [0.2, 0.25) is 0 Å². The molecule has 3 nitrogen and oxygen atoms in total. The average Bonchev–Trinajstić information content (AvgIpc) is 2.53. The minimum atomic E-state index is -4.39. The molecule has 1 saturated carbocycles. The Balaban J connectivity index is 1.92. The van der Waals surface area contributed by atoms with Crippen molar-refractivity contribution in [3.8, 4) is 0 Å². The second-order valence-corrected chi connectivity index (χ2v) is 10.5. The lowest BCUT2D eigenvalue weighted by Crippen LogP contribution is -2.29. The molecular weight excluding hydrogens is 377 g/mol. The second kappa shape index (κ2) is 8.33. The van der Waals surface area contributed by atoms with Gasteiger partial charge in [0.2, 0.25) is 0 Å². The van der Waals surface area contributed by atoms with E-state index in [0.717, 1.165) is 6.07 Å². The molecule has 0 heterocycles. The first-order valence-corrected chi connectivity index (χ1v) is 11.0. The molecule has 1 aliphatic rings. The summed E-state index contributed by atoms with van der Waals surface area (Å²) < 4.78 is 62.6. The van der Waals surface area contributed by atoms with Gasteiger partial charge in [-0.05, 0) is 69.6 Å². The van der Waals surface area contributed by atoms with E-state index < -0.39 is 21.6 Å². The molecule has 1 aliphatic carbocycles. The van der Waals surface area contributed by atoms with Crippen molar-refractivity contribution < 1.29 is 26.4 Å². The number of ketones is 1. The molecule has 1 fully saturated rings. The number of carbonyl (C=O) groups is 1. The lowest BCUT2D eigenvalue weighted by atomic mass is 9.79. The van der Waals surface area contributed by atoms with Crippen LogP contribution in [0.3, 0.4) is 0 Å². The number of aryl methyl sites for hydroxylation is 1. The molecule has 0 atom stereocenters. The summed E-state index contributed by atoms with van der Waals surface area (Å²) >= 11 is 0. The Bertz CT molecular complexity index is 774. The lowest BCUT2D eigenvalue weighted by Gasteiger charge is -2.28. The maximum Gasteiger partial charge on any atom is 0.416 e. The summed E-state index contributed by atoms with van der Waals surface area (Å²) in [6.45, 7) is 4.75. The summed E-state index contributed by atoms with van der Waals surface area (Å²) in [7, 11) is -3.08. The summed E-state index contributed by atoms with van der Waals surface area (Å²) in [5.74, 6) is 0.156. The Hall–Kier alpha value is -1.37.